The molecular weight excluding hydrogens is 231 g/mol. The predicted octanol–water partition coefficient (Wildman–Crippen LogP) is 3.70. The van der Waals surface area contributed by atoms with Gasteiger partial charge in [0.25, 0.3) is 0 Å². The summed E-state index contributed by atoms with van der Waals surface area (Å²) >= 11 is 0. The van der Waals surface area contributed by atoms with Gasteiger partial charge in [-0.05, 0) is 37.8 Å². The molecule has 18 heavy (non-hydrogen) atoms. The molecule has 1 aromatic carbocycles. The Labute approximate surface area is 107 Å². The van der Waals surface area contributed by atoms with Gasteiger partial charge in [-0.3, -0.25) is 0 Å². The molecule has 1 heterocycles. The smallest absolute Gasteiger partial charge is 0.126 e. The standard InChI is InChI=1S/C15H19FO2/c16-12-4-3-5-13(10-12)17-11-14-6-9-15(18-14)7-1-2-8-15/h3-5,10,14H,1-2,6-9,11H2. The van der Waals surface area contributed by atoms with E-state index in [9.17, 15) is 4.39 Å². The molecule has 3 heteroatoms. The summed E-state index contributed by atoms with van der Waals surface area (Å²) in [4.78, 5) is 0. The first-order valence-electron chi connectivity index (χ1n) is 6.82. The summed E-state index contributed by atoms with van der Waals surface area (Å²) in [7, 11) is 0. The molecule has 0 bridgehead atoms. The van der Waals surface area contributed by atoms with Gasteiger partial charge >= 0.3 is 0 Å². The fourth-order valence-electron chi connectivity index (χ4n) is 3.15. The average Bonchev–Trinajstić information content (AvgIpc) is 2.98. The highest BCUT2D eigenvalue weighted by Crippen LogP contribution is 2.43. The van der Waals surface area contributed by atoms with E-state index in [2.05, 4.69) is 0 Å². The van der Waals surface area contributed by atoms with Gasteiger partial charge in [-0.25, -0.2) is 4.39 Å². The molecule has 1 aromatic rings. The third-order valence-corrected chi connectivity index (χ3v) is 4.09. The number of halogens is 1. The van der Waals surface area contributed by atoms with Crippen molar-refractivity contribution in [1.82, 2.24) is 0 Å². The number of rotatable bonds is 3. The SMILES string of the molecule is Fc1cccc(OCC2CCC3(CCCC3)O2)c1. The maximum atomic E-state index is 13.0. The van der Waals surface area contributed by atoms with Crippen molar-refractivity contribution in [3.05, 3.63) is 30.1 Å². The Morgan fingerprint density at radius 1 is 1.28 bits per heavy atom. The summed E-state index contributed by atoms with van der Waals surface area (Å²) in [6.45, 7) is 0.533. The van der Waals surface area contributed by atoms with Crippen LogP contribution in [0.3, 0.4) is 0 Å². The highest BCUT2D eigenvalue weighted by molar-refractivity contribution is 5.22. The van der Waals surface area contributed by atoms with Crippen LogP contribution in [0.5, 0.6) is 5.75 Å². The Kier molecular flexibility index (Phi) is 3.25. The molecule has 1 unspecified atom stereocenters. The minimum atomic E-state index is -0.257. The van der Waals surface area contributed by atoms with E-state index in [1.165, 1.54) is 37.8 Å². The van der Waals surface area contributed by atoms with Crippen LogP contribution in [0, 0.1) is 5.82 Å². The van der Waals surface area contributed by atoms with Crippen LogP contribution in [0.15, 0.2) is 24.3 Å². The van der Waals surface area contributed by atoms with Gasteiger partial charge in [-0.2, -0.15) is 0 Å². The molecule has 1 aliphatic carbocycles. The first kappa shape index (κ1) is 12.0. The van der Waals surface area contributed by atoms with Crippen molar-refractivity contribution in [2.75, 3.05) is 6.61 Å². The quantitative estimate of drug-likeness (QED) is 0.814. The van der Waals surface area contributed by atoms with Crippen LogP contribution in [0.4, 0.5) is 4.39 Å². The van der Waals surface area contributed by atoms with Gasteiger partial charge in [0.2, 0.25) is 0 Å². The van der Waals surface area contributed by atoms with Crippen LogP contribution >= 0.6 is 0 Å². The molecule has 2 fully saturated rings. The summed E-state index contributed by atoms with van der Waals surface area (Å²) in [6, 6.07) is 6.29. The molecule has 2 nitrogen and oxygen atoms in total. The lowest BCUT2D eigenvalue weighted by molar-refractivity contribution is -0.0509. The summed E-state index contributed by atoms with van der Waals surface area (Å²) in [5.41, 5.74) is 0.149. The summed E-state index contributed by atoms with van der Waals surface area (Å²) in [5, 5.41) is 0. The molecule has 0 amide bonds. The van der Waals surface area contributed by atoms with Crippen LogP contribution in [0.25, 0.3) is 0 Å². The Balaban J connectivity index is 1.52. The number of benzene rings is 1. The molecule has 0 aromatic heterocycles. The molecule has 1 atom stereocenters. The van der Waals surface area contributed by atoms with E-state index in [1.807, 2.05) is 0 Å². The normalized spacial score (nSPS) is 25.7. The Morgan fingerprint density at radius 2 is 2.11 bits per heavy atom. The predicted molar refractivity (Wildman–Crippen MR) is 67.2 cm³/mol. The molecule has 0 N–H and O–H groups in total. The molecule has 98 valence electrons. The molecule has 1 aliphatic heterocycles. The maximum absolute atomic E-state index is 13.0. The molecule has 0 radical (unpaired) electrons. The van der Waals surface area contributed by atoms with Crippen LogP contribution in [0.1, 0.15) is 38.5 Å². The second-order valence-corrected chi connectivity index (χ2v) is 5.44. The van der Waals surface area contributed by atoms with E-state index in [4.69, 9.17) is 9.47 Å². The van der Waals surface area contributed by atoms with Gasteiger partial charge < -0.3 is 9.47 Å². The van der Waals surface area contributed by atoms with Gasteiger partial charge in [0.15, 0.2) is 0 Å². The van der Waals surface area contributed by atoms with Gasteiger partial charge in [-0.15, -0.1) is 0 Å². The topological polar surface area (TPSA) is 18.5 Å². The minimum Gasteiger partial charge on any atom is -0.491 e. The number of hydrogen-bond acceptors (Lipinski definition) is 2. The van der Waals surface area contributed by atoms with E-state index in [0.29, 0.717) is 12.4 Å². The third kappa shape index (κ3) is 2.51. The molecular formula is C15H19FO2. The summed E-state index contributed by atoms with van der Waals surface area (Å²) in [6.07, 6.45) is 7.37. The van der Waals surface area contributed by atoms with Crippen molar-refractivity contribution in [1.29, 1.82) is 0 Å². The monoisotopic (exact) mass is 250 g/mol. The largest absolute Gasteiger partial charge is 0.491 e. The van der Waals surface area contributed by atoms with E-state index < -0.39 is 0 Å². The summed E-state index contributed by atoms with van der Waals surface area (Å²) in [5.74, 6) is 0.332. The minimum absolute atomic E-state index is 0.149. The third-order valence-electron chi connectivity index (χ3n) is 4.09. The Bertz CT molecular complexity index is 413. The van der Waals surface area contributed by atoms with Gasteiger partial charge in [0, 0.05) is 6.07 Å². The maximum Gasteiger partial charge on any atom is 0.126 e. The Hall–Kier alpha value is -1.09. The molecule has 3 rings (SSSR count). The van der Waals surface area contributed by atoms with Crippen molar-refractivity contribution >= 4 is 0 Å². The Morgan fingerprint density at radius 3 is 2.89 bits per heavy atom. The van der Waals surface area contributed by atoms with E-state index in [0.717, 1.165) is 12.8 Å². The number of ether oxygens (including phenoxy) is 2. The molecule has 1 saturated heterocycles. The van der Waals surface area contributed by atoms with E-state index in [-0.39, 0.29) is 17.5 Å². The van der Waals surface area contributed by atoms with E-state index >= 15 is 0 Å². The highest BCUT2D eigenvalue weighted by atomic mass is 19.1. The zero-order chi connectivity index (χ0) is 12.4. The van der Waals surface area contributed by atoms with Crippen molar-refractivity contribution in [3.63, 3.8) is 0 Å². The molecule has 1 saturated carbocycles. The van der Waals surface area contributed by atoms with Crippen LogP contribution in [-0.2, 0) is 4.74 Å². The molecule has 2 aliphatic rings. The van der Waals surface area contributed by atoms with Crippen molar-refractivity contribution in [2.24, 2.45) is 0 Å². The lowest BCUT2D eigenvalue weighted by atomic mass is 9.98. The summed E-state index contributed by atoms with van der Waals surface area (Å²) < 4.78 is 24.7. The second kappa shape index (κ2) is 4.88. The second-order valence-electron chi connectivity index (χ2n) is 5.44. The lowest BCUT2D eigenvalue weighted by Crippen LogP contribution is -2.27. The van der Waals surface area contributed by atoms with Gasteiger partial charge in [0.05, 0.1) is 11.7 Å². The van der Waals surface area contributed by atoms with Crippen molar-refractivity contribution in [3.8, 4) is 5.75 Å². The lowest BCUT2D eigenvalue weighted by Gasteiger charge is -2.23. The van der Waals surface area contributed by atoms with Crippen LogP contribution in [-0.4, -0.2) is 18.3 Å². The fraction of sp³-hybridized carbons (Fsp3) is 0.600. The zero-order valence-corrected chi connectivity index (χ0v) is 10.5. The first-order chi connectivity index (χ1) is 8.76. The van der Waals surface area contributed by atoms with Gasteiger partial charge in [-0.1, -0.05) is 18.9 Å². The average molecular weight is 250 g/mol. The fourth-order valence-corrected chi connectivity index (χ4v) is 3.15. The zero-order valence-electron chi connectivity index (χ0n) is 10.5. The first-order valence-corrected chi connectivity index (χ1v) is 6.82. The van der Waals surface area contributed by atoms with Gasteiger partial charge in [0.1, 0.15) is 18.2 Å². The van der Waals surface area contributed by atoms with Crippen LogP contribution < -0.4 is 4.74 Å². The highest BCUT2D eigenvalue weighted by Gasteiger charge is 2.42. The molecule has 1 spiro atoms. The van der Waals surface area contributed by atoms with Crippen LogP contribution in [0.2, 0.25) is 0 Å². The van der Waals surface area contributed by atoms with Crippen molar-refractivity contribution in [2.45, 2.75) is 50.2 Å². The number of hydrogen-bond donors (Lipinski definition) is 0. The van der Waals surface area contributed by atoms with E-state index in [1.54, 1.807) is 12.1 Å². The van der Waals surface area contributed by atoms with Crippen molar-refractivity contribution < 1.29 is 13.9 Å².